The molecule has 0 bridgehead atoms. The van der Waals surface area contributed by atoms with Gasteiger partial charge < -0.3 is 5.32 Å². The predicted molar refractivity (Wildman–Crippen MR) is 89.6 cm³/mol. The summed E-state index contributed by atoms with van der Waals surface area (Å²) in [5, 5.41) is 3.90. The van der Waals surface area contributed by atoms with Crippen LogP contribution in [0.4, 0.5) is 0 Å². The van der Waals surface area contributed by atoms with E-state index in [1.54, 1.807) is 0 Å². The Morgan fingerprint density at radius 1 is 1.24 bits per heavy atom. The molecule has 1 saturated carbocycles. The summed E-state index contributed by atoms with van der Waals surface area (Å²) in [6.07, 6.45) is 6.79. The largest absolute Gasteiger partial charge is 0.308 e. The molecule has 21 heavy (non-hydrogen) atoms. The Balaban J connectivity index is 1.78. The molecule has 2 nitrogen and oxygen atoms in total. The quantitative estimate of drug-likeness (QED) is 0.909. The highest BCUT2D eigenvalue weighted by Gasteiger charge is 2.40. The lowest BCUT2D eigenvalue weighted by atomic mass is 9.91. The van der Waals surface area contributed by atoms with Crippen molar-refractivity contribution in [2.75, 3.05) is 13.1 Å². The van der Waals surface area contributed by atoms with Crippen molar-refractivity contribution in [3.05, 3.63) is 34.9 Å². The monoisotopic (exact) mass is 286 g/mol. The van der Waals surface area contributed by atoms with E-state index in [2.05, 4.69) is 49.2 Å². The van der Waals surface area contributed by atoms with Gasteiger partial charge in [0.25, 0.3) is 0 Å². The summed E-state index contributed by atoms with van der Waals surface area (Å²) >= 11 is 0. The first kappa shape index (κ1) is 15.1. The maximum absolute atomic E-state index is 3.90. The van der Waals surface area contributed by atoms with Gasteiger partial charge in [-0.2, -0.15) is 0 Å². The maximum atomic E-state index is 3.90. The number of hydrogen-bond donors (Lipinski definition) is 1. The van der Waals surface area contributed by atoms with Crippen molar-refractivity contribution >= 4 is 0 Å². The molecule has 1 saturated heterocycles. The number of aryl methyl sites for hydroxylation is 2. The lowest BCUT2D eigenvalue weighted by Gasteiger charge is -2.46. The number of nitrogens with one attached hydrogen (secondary N) is 1. The zero-order valence-electron chi connectivity index (χ0n) is 13.9. The third-order valence-electron chi connectivity index (χ3n) is 5.64. The maximum Gasteiger partial charge on any atom is 0.0309 e. The third-order valence-corrected chi connectivity index (χ3v) is 5.64. The molecule has 1 aromatic carbocycles. The second-order valence-corrected chi connectivity index (χ2v) is 7.27. The fourth-order valence-electron chi connectivity index (χ4n) is 4.20. The van der Waals surface area contributed by atoms with Crippen molar-refractivity contribution in [1.29, 1.82) is 0 Å². The van der Waals surface area contributed by atoms with E-state index in [4.69, 9.17) is 0 Å². The highest BCUT2D eigenvalue weighted by atomic mass is 15.3. The molecular weight excluding hydrogens is 256 g/mol. The van der Waals surface area contributed by atoms with Crippen LogP contribution in [0.25, 0.3) is 0 Å². The molecule has 2 heteroatoms. The molecule has 1 aliphatic carbocycles. The zero-order chi connectivity index (χ0) is 14.9. The summed E-state index contributed by atoms with van der Waals surface area (Å²) in [5.41, 5.74) is 4.76. The van der Waals surface area contributed by atoms with E-state index in [1.165, 1.54) is 61.9 Å². The highest BCUT2D eigenvalue weighted by Crippen LogP contribution is 2.34. The Morgan fingerprint density at radius 2 is 2.00 bits per heavy atom. The summed E-state index contributed by atoms with van der Waals surface area (Å²) in [6.45, 7) is 10.3. The average molecular weight is 286 g/mol. The van der Waals surface area contributed by atoms with Gasteiger partial charge in [0.1, 0.15) is 0 Å². The van der Waals surface area contributed by atoms with Crippen LogP contribution in [0.5, 0.6) is 0 Å². The van der Waals surface area contributed by atoms with Crippen LogP contribution in [-0.2, 0) is 6.54 Å². The lowest BCUT2D eigenvalue weighted by Crippen LogP contribution is -2.62. The number of benzene rings is 1. The van der Waals surface area contributed by atoms with Gasteiger partial charge in [0, 0.05) is 31.2 Å². The summed E-state index contributed by atoms with van der Waals surface area (Å²) in [4.78, 5) is 2.75. The number of piperazine rings is 1. The van der Waals surface area contributed by atoms with Crippen molar-refractivity contribution in [3.63, 3.8) is 0 Å². The van der Waals surface area contributed by atoms with Crippen molar-refractivity contribution in [2.45, 2.75) is 71.0 Å². The zero-order valence-corrected chi connectivity index (χ0v) is 13.9. The first-order valence-corrected chi connectivity index (χ1v) is 8.67. The van der Waals surface area contributed by atoms with Crippen molar-refractivity contribution in [3.8, 4) is 0 Å². The molecule has 1 unspecified atom stereocenters. The predicted octanol–water partition coefficient (Wildman–Crippen LogP) is 3.80. The van der Waals surface area contributed by atoms with E-state index in [0.717, 1.165) is 6.54 Å². The molecule has 1 atom stereocenters. The summed E-state index contributed by atoms with van der Waals surface area (Å²) in [7, 11) is 0. The fourth-order valence-corrected chi connectivity index (χ4v) is 4.20. The molecule has 1 aromatic rings. The van der Waals surface area contributed by atoms with Crippen molar-refractivity contribution in [1.82, 2.24) is 10.2 Å². The smallest absolute Gasteiger partial charge is 0.0309 e. The van der Waals surface area contributed by atoms with Gasteiger partial charge in [-0.1, -0.05) is 43.5 Å². The molecule has 116 valence electrons. The van der Waals surface area contributed by atoms with Crippen molar-refractivity contribution < 1.29 is 0 Å². The Kier molecular flexibility index (Phi) is 4.37. The van der Waals surface area contributed by atoms with Crippen LogP contribution in [-0.4, -0.2) is 29.6 Å². The fraction of sp³-hybridized carbons (Fsp3) is 0.684. The molecule has 2 aliphatic rings. The molecular formula is C19H30N2. The van der Waals surface area contributed by atoms with E-state index >= 15 is 0 Å². The molecule has 1 heterocycles. The highest BCUT2D eigenvalue weighted by molar-refractivity contribution is 5.30. The second kappa shape index (κ2) is 6.10. The molecule has 0 radical (unpaired) electrons. The summed E-state index contributed by atoms with van der Waals surface area (Å²) < 4.78 is 0. The Morgan fingerprint density at radius 3 is 2.71 bits per heavy atom. The molecule has 2 fully saturated rings. The van der Waals surface area contributed by atoms with Crippen LogP contribution in [0.15, 0.2) is 18.2 Å². The van der Waals surface area contributed by atoms with Gasteiger partial charge in [0.2, 0.25) is 0 Å². The van der Waals surface area contributed by atoms with Crippen molar-refractivity contribution in [2.24, 2.45) is 0 Å². The Bertz CT molecular complexity index is 488. The van der Waals surface area contributed by atoms with Gasteiger partial charge in [0.15, 0.2) is 0 Å². The van der Waals surface area contributed by atoms with Gasteiger partial charge in [-0.25, -0.2) is 0 Å². The third kappa shape index (κ3) is 3.17. The summed E-state index contributed by atoms with van der Waals surface area (Å²) in [6, 6.07) is 7.58. The van der Waals surface area contributed by atoms with Crippen LogP contribution in [0, 0.1) is 13.8 Å². The van der Waals surface area contributed by atoms with Gasteiger partial charge in [-0.05, 0) is 44.2 Å². The minimum absolute atomic E-state index is 0.420. The minimum Gasteiger partial charge on any atom is -0.308 e. The standard InChI is InChI=1S/C19H30N2/c1-4-18-12-20-19(9-5-6-10-19)14-21(18)13-17-11-15(2)7-8-16(17)3/h7-8,11,18,20H,4-6,9-10,12-14H2,1-3H3. The van der Waals surface area contributed by atoms with E-state index in [1.807, 2.05) is 0 Å². The van der Waals surface area contributed by atoms with Gasteiger partial charge >= 0.3 is 0 Å². The van der Waals surface area contributed by atoms with Crippen LogP contribution in [0.1, 0.15) is 55.7 Å². The topological polar surface area (TPSA) is 15.3 Å². The minimum atomic E-state index is 0.420. The van der Waals surface area contributed by atoms with E-state index in [9.17, 15) is 0 Å². The lowest BCUT2D eigenvalue weighted by molar-refractivity contribution is 0.0716. The van der Waals surface area contributed by atoms with E-state index in [-0.39, 0.29) is 0 Å². The van der Waals surface area contributed by atoms with Gasteiger partial charge in [-0.15, -0.1) is 0 Å². The van der Waals surface area contributed by atoms with Gasteiger partial charge in [-0.3, -0.25) is 4.90 Å². The Hall–Kier alpha value is -0.860. The number of nitrogens with zero attached hydrogens (tertiary/aromatic N) is 1. The molecule has 1 spiro atoms. The molecule has 0 amide bonds. The normalized spacial score (nSPS) is 25.6. The van der Waals surface area contributed by atoms with Crippen LogP contribution in [0.2, 0.25) is 0 Å². The average Bonchev–Trinajstić information content (AvgIpc) is 2.91. The number of hydrogen-bond acceptors (Lipinski definition) is 2. The van der Waals surface area contributed by atoms with E-state index < -0.39 is 0 Å². The van der Waals surface area contributed by atoms with E-state index in [0.29, 0.717) is 11.6 Å². The first-order chi connectivity index (χ1) is 10.1. The van der Waals surface area contributed by atoms with Crippen LogP contribution < -0.4 is 5.32 Å². The second-order valence-electron chi connectivity index (χ2n) is 7.27. The first-order valence-electron chi connectivity index (χ1n) is 8.67. The Labute approximate surface area is 129 Å². The summed E-state index contributed by atoms with van der Waals surface area (Å²) in [5.74, 6) is 0. The van der Waals surface area contributed by atoms with Crippen LogP contribution in [0.3, 0.4) is 0 Å². The molecule has 1 N–H and O–H groups in total. The van der Waals surface area contributed by atoms with Crippen LogP contribution >= 0.6 is 0 Å². The SMILES string of the molecule is CCC1CNC2(CCCC2)CN1Cc1cc(C)ccc1C. The molecule has 1 aliphatic heterocycles. The molecule has 0 aromatic heterocycles. The number of rotatable bonds is 3. The van der Waals surface area contributed by atoms with Gasteiger partial charge in [0.05, 0.1) is 0 Å². The molecule has 3 rings (SSSR count).